The predicted molar refractivity (Wildman–Crippen MR) is 72.2 cm³/mol. The summed E-state index contributed by atoms with van der Waals surface area (Å²) >= 11 is 3.36. The average molecular weight is 303 g/mol. The van der Waals surface area contributed by atoms with Crippen molar-refractivity contribution in [3.8, 4) is 5.75 Å². The molecule has 0 saturated carbocycles. The summed E-state index contributed by atoms with van der Waals surface area (Å²) in [5, 5.41) is 11.9. The Morgan fingerprint density at radius 3 is 2.41 bits per heavy atom. The van der Waals surface area contributed by atoms with Crippen LogP contribution in [0.15, 0.2) is 28.7 Å². The molecule has 0 heterocycles. The van der Waals surface area contributed by atoms with E-state index in [1.807, 2.05) is 24.3 Å². The summed E-state index contributed by atoms with van der Waals surface area (Å²) in [6, 6.07) is 7.60. The van der Waals surface area contributed by atoms with E-state index in [4.69, 9.17) is 4.74 Å². The first-order chi connectivity index (χ1) is 7.87. The molecule has 0 amide bonds. The van der Waals surface area contributed by atoms with Crippen molar-refractivity contribution >= 4 is 15.9 Å². The van der Waals surface area contributed by atoms with Crippen molar-refractivity contribution in [1.82, 2.24) is 0 Å². The highest BCUT2D eigenvalue weighted by Gasteiger charge is 2.16. The monoisotopic (exact) mass is 302 g/mol. The van der Waals surface area contributed by atoms with Crippen LogP contribution in [0.3, 0.4) is 0 Å². The molecule has 1 aromatic carbocycles. The third kappa shape index (κ3) is 6.66. The Morgan fingerprint density at radius 2 is 1.88 bits per heavy atom. The minimum absolute atomic E-state index is 0.137. The van der Waals surface area contributed by atoms with Gasteiger partial charge in [-0.15, -0.1) is 0 Å². The van der Waals surface area contributed by atoms with E-state index < -0.39 is 6.10 Å². The lowest BCUT2D eigenvalue weighted by atomic mass is 10.1. The molecular weight excluding hydrogens is 282 g/mol. The van der Waals surface area contributed by atoms with E-state index in [2.05, 4.69) is 42.0 Å². The molecule has 4 heteroatoms. The maximum Gasteiger partial charge on any atom is 0.137 e. The maximum atomic E-state index is 9.76. The van der Waals surface area contributed by atoms with Gasteiger partial charge in [-0.05, 0) is 45.0 Å². The zero-order chi connectivity index (χ0) is 12.9. The van der Waals surface area contributed by atoms with Gasteiger partial charge in [0.2, 0.25) is 0 Å². The number of halogens is 1. The zero-order valence-corrected chi connectivity index (χ0v) is 12.2. The molecule has 1 rings (SSSR count). The summed E-state index contributed by atoms with van der Waals surface area (Å²) in [4.78, 5) is 0. The van der Waals surface area contributed by atoms with Gasteiger partial charge in [0.1, 0.15) is 25.0 Å². The van der Waals surface area contributed by atoms with E-state index in [0.29, 0.717) is 13.2 Å². The van der Waals surface area contributed by atoms with E-state index in [9.17, 15) is 5.11 Å². The number of nitrogens with two attached hydrogens (primary N) is 1. The van der Waals surface area contributed by atoms with Crippen molar-refractivity contribution in [2.75, 3.05) is 13.2 Å². The molecular formula is C13H21BrNO2+. The van der Waals surface area contributed by atoms with Crippen LogP contribution < -0.4 is 10.1 Å². The van der Waals surface area contributed by atoms with E-state index >= 15 is 0 Å². The highest BCUT2D eigenvalue weighted by Crippen LogP contribution is 2.15. The Morgan fingerprint density at radius 1 is 1.29 bits per heavy atom. The van der Waals surface area contributed by atoms with Crippen LogP contribution in [0.5, 0.6) is 5.75 Å². The van der Waals surface area contributed by atoms with Crippen molar-refractivity contribution in [2.45, 2.75) is 32.4 Å². The topological polar surface area (TPSA) is 46.1 Å². The Hall–Kier alpha value is -0.580. The first kappa shape index (κ1) is 14.5. The number of hydrogen-bond acceptors (Lipinski definition) is 2. The Labute approximate surface area is 111 Å². The molecule has 0 bridgehead atoms. The van der Waals surface area contributed by atoms with E-state index in [1.54, 1.807) is 0 Å². The summed E-state index contributed by atoms with van der Waals surface area (Å²) in [5.41, 5.74) is 0.137. The lowest BCUT2D eigenvalue weighted by molar-refractivity contribution is -0.722. The second-order valence-electron chi connectivity index (χ2n) is 5.22. The van der Waals surface area contributed by atoms with Gasteiger partial charge in [0.05, 0.1) is 5.54 Å². The largest absolute Gasteiger partial charge is 0.491 e. The predicted octanol–water partition coefficient (Wildman–Crippen LogP) is 1.55. The average Bonchev–Trinajstić information content (AvgIpc) is 2.25. The van der Waals surface area contributed by atoms with Gasteiger partial charge in [-0.2, -0.15) is 0 Å². The second kappa shape index (κ2) is 6.38. The van der Waals surface area contributed by atoms with Crippen LogP contribution in [0.2, 0.25) is 0 Å². The fourth-order valence-electron chi connectivity index (χ4n) is 1.28. The first-order valence-electron chi connectivity index (χ1n) is 5.77. The van der Waals surface area contributed by atoms with Gasteiger partial charge in [-0.25, -0.2) is 0 Å². The summed E-state index contributed by atoms with van der Waals surface area (Å²) in [5.74, 6) is 0.781. The normalized spacial score (nSPS) is 13.5. The Kier molecular flexibility index (Phi) is 5.43. The molecule has 3 nitrogen and oxygen atoms in total. The molecule has 96 valence electrons. The molecule has 0 aliphatic heterocycles. The molecule has 0 aliphatic carbocycles. The molecule has 0 aromatic heterocycles. The second-order valence-corrected chi connectivity index (χ2v) is 6.14. The summed E-state index contributed by atoms with van der Waals surface area (Å²) in [6.07, 6.45) is -0.446. The maximum absolute atomic E-state index is 9.76. The van der Waals surface area contributed by atoms with Gasteiger partial charge < -0.3 is 15.2 Å². The first-order valence-corrected chi connectivity index (χ1v) is 6.57. The third-order valence-electron chi connectivity index (χ3n) is 2.26. The molecule has 0 unspecified atom stereocenters. The van der Waals surface area contributed by atoms with Crippen LogP contribution in [0.1, 0.15) is 20.8 Å². The fourth-order valence-corrected chi connectivity index (χ4v) is 1.55. The van der Waals surface area contributed by atoms with Crippen molar-refractivity contribution in [2.24, 2.45) is 0 Å². The van der Waals surface area contributed by atoms with Gasteiger partial charge in [-0.3, -0.25) is 0 Å². The third-order valence-corrected chi connectivity index (χ3v) is 2.79. The van der Waals surface area contributed by atoms with E-state index in [1.165, 1.54) is 0 Å². The van der Waals surface area contributed by atoms with Gasteiger partial charge in [-0.1, -0.05) is 15.9 Å². The number of quaternary nitrogens is 1. The highest BCUT2D eigenvalue weighted by molar-refractivity contribution is 9.10. The molecule has 0 saturated heterocycles. The summed E-state index contributed by atoms with van der Waals surface area (Å²) in [7, 11) is 0. The molecule has 17 heavy (non-hydrogen) atoms. The van der Waals surface area contributed by atoms with Crippen molar-refractivity contribution < 1.29 is 15.2 Å². The summed E-state index contributed by atoms with van der Waals surface area (Å²) in [6.45, 7) is 7.34. The number of rotatable bonds is 5. The van der Waals surface area contributed by atoms with Crippen LogP contribution >= 0.6 is 15.9 Å². The Balaban J connectivity index is 2.28. The molecule has 1 atom stereocenters. The van der Waals surface area contributed by atoms with Gasteiger partial charge in [0, 0.05) is 4.47 Å². The molecule has 0 fully saturated rings. The zero-order valence-electron chi connectivity index (χ0n) is 10.6. The number of benzene rings is 1. The van der Waals surface area contributed by atoms with E-state index in [-0.39, 0.29) is 5.54 Å². The highest BCUT2D eigenvalue weighted by atomic mass is 79.9. The molecule has 1 aromatic rings. The standard InChI is InChI=1S/C13H20BrNO2/c1-13(2,3)15-8-11(16)9-17-12-6-4-10(14)5-7-12/h4-7,11,15-16H,8-9H2,1-3H3/p+1/t11-/m1/s1. The Bertz CT molecular complexity index is 332. The summed E-state index contributed by atoms with van der Waals surface area (Å²) < 4.78 is 6.52. The van der Waals surface area contributed by atoms with Crippen LogP contribution in [0.25, 0.3) is 0 Å². The van der Waals surface area contributed by atoms with Gasteiger partial charge >= 0.3 is 0 Å². The fraction of sp³-hybridized carbons (Fsp3) is 0.538. The van der Waals surface area contributed by atoms with Gasteiger partial charge in [0.25, 0.3) is 0 Å². The number of aliphatic hydroxyl groups excluding tert-OH is 1. The smallest absolute Gasteiger partial charge is 0.137 e. The van der Waals surface area contributed by atoms with Crippen LogP contribution in [-0.4, -0.2) is 29.9 Å². The van der Waals surface area contributed by atoms with Gasteiger partial charge in [0.15, 0.2) is 0 Å². The lowest BCUT2D eigenvalue weighted by Crippen LogP contribution is -2.96. The molecule has 3 N–H and O–H groups in total. The van der Waals surface area contributed by atoms with Crippen molar-refractivity contribution in [3.63, 3.8) is 0 Å². The number of hydrogen-bond donors (Lipinski definition) is 2. The quantitative estimate of drug-likeness (QED) is 0.867. The lowest BCUT2D eigenvalue weighted by Gasteiger charge is -2.19. The molecule has 0 radical (unpaired) electrons. The minimum atomic E-state index is -0.446. The van der Waals surface area contributed by atoms with E-state index in [0.717, 1.165) is 10.2 Å². The SMILES string of the molecule is CC(C)(C)[NH2+]C[C@@H](O)COc1ccc(Br)cc1. The number of aliphatic hydroxyl groups is 1. The van der Waals surface area contributed by atoms with Crippen LogP contribution in [0.4, 0.5) is 0 Å². The van der Waals surface area contributed by atoms with Crippen LogP contribution in [0, 0.1) is 0 Å². The minimum Gasteiger partial charge on any atom is -0.491 e. The van der Waals surface area contributed by atoms with Crippen molar-refractivity contribution in [1.29, 1.82) is 0 Å². The van der Waals surface area contributed by atoms with Crippen molar-refractivity contribution in [3.05, 3.63) is 28.7 Å². The molecule has 0 spiro atoms. The van der Waals surface area contributed by atoms with Crippen LogP contribution in [-0.2, 0) is 0 Å². The number of ether oxygens (including phenoxy) is 1. The molecule has 0 aliphatic rings.